The Bertz CT molecular complexity index is 870. The van der Waals surface area contributed by atoms with Gasteiger partial charge in [-0.3, -0.25) is 0 Å². The lowest BCUT2D eigenvalue weighted by Crippen LogP contribution is -2.01. The summed E-state index contributed by atoms with van der Waals surface area (Å²) in [4.78, 5) is 17.2. The molecule has 0 atom stereocenters. The Balaban J connectivity index is 2.38. The highest BCUT2D eigenvalue weighted by atomic mass is 79.9. The molecule has 0 amide bonds. The first-order chi connectivity index (χ1) is 9.97. The summed E-state index contributed by atoms with van der Waals surface area (Å²) in [5, 5.41) is 10.2. The molecule has 21 heavy (non-hydrogen) atoms. The maximum atomic E-state index is 11.6. The first kappa shape index (κ1) is 14.2. The number of aromatic carboxylic acids is 1. The molecule has 0 aliphatic heterocycles. The van der Waals surface area contributed by atoms with E-state index in [-0.39, 0.29) is 0 Å². The van der Waals surface area contributed by atoms with Crippen molar-refractivity contribution in [3.63, 3.8) is 0 Å². The second-order valence-corrected chi connectivity index (χ2v) is 7.33. The van der Waals surface area contributed by atoms with E-state index in [0.29, 0.717) is 16.6 Å². The molecular formula is C16H12BrNO2S. The monoisotopic (exact) mass is 361 g/mol. The number of hydrogen-bond acceptors (Lipinski definition) is 3. The van der Waals surface area contributed by atoms with Gasteiger partial charge in [0.2, 0.25) is 0 Å². The quantitative estimate of drug-likeness (QED) is 0.695. The number of aryl methyl sites for hydroxylation is 2. The van der Waals surface area contributed by atoms with Crippen molar-refractivity contribution in [1.29, 1.82) is 0 Å². The van der Waals surface area contributed by atoms with Crippen molar-refractivity contribution in [1.82, 2.24) is 4.98 Å². The first-order valence-electron chi connectivity index (χ1n) is 6.37. The Morgan fingerprint density at radius 3 is 2.62 bits per heavy atom. The van der Waals surface area contributed by atoms with Crippen LogP contribution >= 0.6 is 27.3 Å². The average molecular weight is 362 g/mol. The van der Waals surface area contributed by atoms with Crippen molar-refractivity contribution < 1.29 is 9.90 Å². The van der Waals surface area contributed by atoms with Gasteiger partial charge in [0.1, 0.15) is 0 Å². The van der Waals surface area contributed by atoms with Crippen LogP contribution in [0.25, 0.3) is 21.5 Å². The molecule has 0 saturated carbocycles. The Hall–Kier alpha value is -1.72. The van der Waals surface area contributed by atoms with Gasteiger partial charge in [0.05, 0.1) is 25.4 Å². The lowest BCUT2D eigenvalue weighted by Gasteiger charge is -2.09. The number of carbonyl (C=O) groups is 1. The predicted molar refractivity (Wildman–Crippen MR) is 89.2 cm³/mol. The standard InChI is InChI=1S/C16H12BrNO2S/c1-8-3-4-10-11(16(19)20)7-12(18-15(10)9(8)2)13-5-6-14(17)21-13/h3-7H,1-2H3,(H,19,20). The van der Waals surface area contributed by atoms with Crippen LogP contribution < -0.4 is 0 Å². The summed E-state index contributed by atoms with van der Waals surface area (Å²) in [6.45, 7) is 3.98. The van der Waals surface area contributed by atoms with Crippen LogP contribution in [0.1, 0.15) is 21.5 Å². The molecule has 3 nitrogen and oxygen atoms in total. The molecular weight excluding hydrogens is 350 g/mol. The van der Waals surface area contributed by atoms with E-state index in [4.69, 9.17) is 0 Å². The van der Waals surface area contributed by atoms with E-state index in [1.807, 2.05) is 38.1 Å². The average Bonchev–Trinajstić information content (AvgIpc) is 2.88. The number of hydrogen-bond donors (Lipinski definition) is 1. The van der Waals surface area contributed by atoms with E-state index in [1.165, 1.54) is 0 Å². The summed E-state index contributed by atoms with van der Waals surface area (Å²) >= 11 is 4.97. The number of carboxylic acids is 1. The van der Waals surface area contributed by atoms with Crippen LogP contribution in [0, 0.1) is 13.8 Å². The minimum atomic E-state index is -0.928. The highest BCUT2D eigenvalue weighted by Crippen LogP contribution is 2.33. The van der Waals surface area contributed by atoms with Crippen LogP contribution in [0.4, 0.5) is 0 Å². The second-order valence-electron chi connectivity index (χ2n) is 4.87. The van der Waals surface area contributed by atoms with E-state index in [9.17, 15) is 9.90 Å². The van der Waals surface area contributed by atoms with Gasteiger partial charge in [-0.2, -0.15) is 0 Å². The van der Waals surface area contributed by atoms with E-state index in [2.05, 4.69) is 20.9 Å². The first-order valence-corrected chi connectivity index (χ1v) is 7.98. The van der Waals surface area contributed by atoms with Gasteiger partial charge >= 0.3 is 5.97 Å². The third-order valence-corrected chi connectivity index (χ3v) is 5.21. The third-order valence-electron chi connectivity index (χ3n) is 3.56. The van der Waals surface area contributed by atoms with Crippen molar-refractivity contribution in [3.8, 4) is 10.6 Å². The molecule has 1 aromatic carbocycles. The lowest BCUT2D eigenvalue weighted by molar-refractivity contribution is 0.0699. The topological polar surface area (TPSA) is 50.2 Å². The molecule has 106 valence electrons. The molecule has 5 heteroatoms. The minimum absolute atomic E-state index is 0.294. The number of aromatic nitrogens is 1. The van der Waals surface area contributed by atoms with Crippen LogP contribution in [0.15, 0.2) is 34.1 Å². The number of carboxylic acid groups (broad SMARTS) is 1. The maximum Gasteiger partial charge on any atom is 0.336 e. The largest absolute Gasteiger partial charge is 0.478 e. The SMILES string of the molecule is Cc1ccc2c(C(=O)O)cc(-c3ccc(Br)s3)nc2c1C. The van der Waals surface area contributed by atoms with E-state index in [0.717, 1.165) is 25.3 Å². The van der Waals surface area contributed by atoms with E-state index < -0.39 is 5.97 Å². The molecule has 2 aromatic heterocycles. The molecule has 0 unspecified atom stereocenters. The number of nitrogens with zero attached hydrogens (tertiary/aromatic N) is 1. The van der Waals surface area contributed by atoms with Crippen LogP contribution in [0.5, 0.6) is 0 Å². The summed E-state index contributed by atoms with van der Waals surface area (Å²) in [5.74, 6) is -0.928. The van der Waals surface area contributed by atoms with Gasteiger partial charge in [-0.15, -0.1) is 11.3 Å². The molecule has 0 aliphatic rings. The zero-order valence-corrected chi connectivity index (χ0v) is 13.9. The fraction of sp³-hybridized carbons (Fsp3) is 0.125. The molecule has 0 aliphatic carbocycles. The van der Waals surface area contributed by atoms with Gasteiger partial charge in [-0.25, -0.2) is 9.78 Å². The molecule has 0 bridgehead atoms. The fourth-order valence-corrected chi connectivity index (χ4v) is 3.63. The second kappa shape index (κ2) is 5.24. The summed E-state index contributed by atoms with van der Waals surface area (Å²) in [7, 11) is 0. The summed E-state index contributed by atoms with van der Waals surface area (Å²) < 4.78 is 0.997. The number of rotatable bonds is 2. The lowest BCUT2D eigenvalue weighted by atomic mass is 10.0. The third kappa shape index (κ3) is 2.47. The van der Waals surface area contributed by atoms with Gasteiger partial charge in [0, 0.05) is 5.39 Å². The highest BCUT2D eigenvalue weighted by molar-refractivity contribution is 9.11. The maximum absolute atomic E-state index is 11.6. The number of halogens is 1. The summed E-state index contributed by atoms with van der Waals surface area (Å²) in [5.41, 5.74) is 3.88. The van der Waals surface area contributed by atoms with Gasteiger partial charge in [0.25, 0.3) is 0 Å². The molecule has 0 spiro atoms. The van der Waals surface area contributed by atoms with Crippen molar-refractivity contribution in [2.24, 2.45) is 0 Å². The fourth-order valence-electron chi connectivity index (χ4n) is 2.28. The highest BCUT2D eigenvalue weighted by Gasteiger charge is 2.15. The minimum Gasteiger partial charge on any atom is -0.478 e. The number of fused-ring (bicyclic) bond motifs is 1. The zero-order valence-electron chi connectivity index (χ0n) is 11.5. The smallest absolute Gasteiger partial charge is 0.336 e. The molecule has 2 heterocycles. The molecule has 3 rings (SSSR count). The van der Waals surface area contributed by atoms with Crippen molar-refractivity contribution >= 4 is 44.1 Å². The molecule has 0 fully saturated rings. The Morgan fingerprint density at radius 2 is 2.00 bits per heavy atom. The van der Waals surface area contributed by atoms with Crippen molar-refractivity contribution in [3.05, 3.63) is 50.8 Å². The van der Waals surface area contributed by atoms with E-state index in [1.54, 1.807) is 17.4 Å². The zero-order chi connectivity index (χ0) is 15.1. The van der Waals surface area contributed by atoms with Crippen LogP contribution in [0.2, 0.25) is 0 Å². The molecule has 0 saturated heterocycles. The van der Waals surface area contributed by atoms with Gasteiger partial charge in [0.15, 0.2) is 0 Å². The normalized spacial score (nSPS) is 11.0. The number of benzene rings is 1. The van der Waals surface area contributed by atoms with Crippen LogP contribution in [0.3, 0.4) is 0 Å². The van der Waals surface area contributed by atoms with Crippen molar-refractivity contribution in [2.45, 2.75) is 13.8 Å². The Kier molecular flexibility index (Phi) is 3.55. The predicted octanol–water partition coefficient (Wildman–Crippen LogP) is 5.04. The number of thiophene rings is 1. The van der Waals surface area contributed by atoms with Gasteiger partial charge in [-0.05, 0) is 59.1 Å². The summed E-state index contributed by atoms with van der Waals surface area (Å²) in [6, 6.07) is 9.31. The Labute approximate surface area is 134 Å². The molecule has 3 aromatic rings. The van der Waals surface area contributed by atoms with Gasteiger partial charge in [-0.1, -0.05) is 12.1 Å². The summed E-state index contributed by atoms with van der Waals surface area (Å²) in [6.07, 6.45) is 0. The van der Waals surface area contributed by atoms with E-state index >= 15 is 0 Å². The molecule has 1 N–H and O–H groups in total. The van der Waals surface area contributed by atoms with Crippen LogP contribution in [-0.2, 0) is 0 Å². The van der Waals surface area contributed by atoms with Gasteiger partial charge < -0.3 is 5.11 Å². The molecule has 0 radical (unpaired) electrons. The van der Waals surface area contributed by atoms with Crippen molar-refractivity contribution in [2.75, 3.05) is 0 Å². The Morgan fingerprint density at radius 1 is 1.24 bits per heavy atom. The van der Waals surface area contributed by atoms with Crippen LogP contribution in [-0.4, -0.2) is 16.1 Å². The number of pyridine rings is 1.